The lowest BCUT2D eigenvalue weighted by molar-refractivity contribution is -0.119. The van der Waals surface area contributed by atoms with Crippen molar-refractivity contribution in [3.05, 3.63) is 107 Å². The van der Waals surface area contributed by atoms with Gasteiger partial charge >= 0.3 is 0 Å². The van der Waals surface area contributed by atoms with Crippen molar-refractivity contribution in [2.75, 3.05) is 11.4 Å². The molecular formula is C26H20ClN3O2. The van der Waals surface area contributed by atoms with Crippen LogP contribution in [0.3, 0.4) is 0 Å². The van der Waals surface area contributed by atoms with Gasteiger partial charge in [-0.3, -0.25) is 14.6 Å². The Bertz CT molecular complexity index is 1320. The number of fused-ring (bicyclic) bond motifs is 2. The molecule has 1 aliphatic heterocycles. The fourth-order valence-corrected chi connectivity index (χ4v) is 4.19. The van der Waals surface area contributed by atoms with Crippen molar-refractivity contribution in [1.82, 2.24) is 9.88 Å². The van der Waals surface area contributed by atoms with E-state index in [1.54, 1.807) is 40.3 Å². The second kappa shape index (κ2) is 8.44. The molecule has 0 spiro atoms. The first-order chi connectivity index (χ1) is 15.6. The van der Waals surface area contributed by atoms with E-state index < -0.39 is 0 Å². The van der Waals surface area contributed by atoms with Crippen molar-refractivity contribution in [1.29, 1.82) is 0 Å². The fourth-order valence-electron chi connectivity index (χ4n) is 4.06. The van der Waals surface area contributed by atoms with E-state index in [2.05, 4.69) is 11.1 Å². The van der Waals surface area contributed by atoms with E-state index in [4.69, 9.17) is 11.6 Å². The molecule has 5 rings (SSSR count). The van der Waals surface area contributed by atoms with Crippen molar-refractivity contribution < 1.29 is 9.59 Å². The van der Waals surface area contributed by atoms with Gasteiger partial charge in [0.1, 0.15) is 6.54 Å². The molecule has 1 aromatic heterocycles. The number of rotatable bonds is 3. The molecule has 0 N–H and O–H groups in total. The van der Waals surface area contributed by atoms with Crippen LogP contribution in [0.4, 0.5) is 5.69 Å². The van der Waals surface area contributed by atoms with Gasteiger partial charge in [-0.2, -0.15) is 0 Å². The third kappa shape index (κ3) is 3.95. The van der Waals surface area contributed by atoms with Crippen LogP contribution in [0.2, 0.25) is 5.02 Å². The normalized spacial score (nSPS) is 13.7. The van der Waals surface area contributed by atoms with E-state index in [-0.39, 0.29) is 18.4 Å². The average molecular weight is 442 g/mol. The quantitative estimate of drug-likeness (QED) is 0.445. The van der Waals surface area contributed by atoms with E-state index in [0.29, 0.717) is 23.7 Å². The minimum atomic E-state index is -0.191. The van der Waals surface area contributed by atoms with Crippen molar-refractivity contribution in [3.63, 3.8) is 0 Å². The van der Waals surface area contributed by atoms with Crippen molar-refractivity contribution in [2.24, 2.45) is 0 Å². The second-order valence-corrected chi connectivity index (χ2v) is 8.27. The fraction of sp³-hybridized carbons (Fsp3) is 0.115. The summed E-state index contributed by atoms with van der Waals surface area (Å²) in [6.45, 7) is 0.788. The Labute approximate surface area is 190 Å². The SMILES string of the molecule is O=C(c1ccc(Cl)cc1)N1CC(=O)N(Cc2ccc3ccncc3c2)c2ccccc2C1. The van der Waals surface area contributed by atoms with Gasteiger partial charge in [0.15, 0.2) is 0 Å². The van der Waals surface area contributed by atoms with Crippen molar-refractivity contribution >= 4 is 39.9 Å². The van der Waals surface area contributed by atoms with E-state index in [1.807, 2.05) is 48.7 Å². The smallest absolute Gasteiger partial charge is 0.254 e. The zero-order chi connectivity index (χ0) is 22.1. The third-order valence-electron chi connectivity index (χ3n) is 5.69. The molecule has 158 valence electrons. The molecule has 0 atom stereocenters. The van der Waals surface area contributed by atoms with Gasteiger partial charge in [0, 0.05) is 40.6 Å². The first-order valence-electron chi connectivity index (χ1n) is 10.3. The Hall–Kier alpha value is -3.70. The van der Waals surface area contributed by atoms with Gasteiger partial charge in [0.25, 0.3) is 5.91 Å². The first kappa shape index (κ1) is 20.2. The number of benzene rings is 3. The Balaban J connectivity index is 1.47. The highest BCUT2D eigenvalue weighted by Gasteiger charge is 2.29. The lowest BCUT2D eigenvalue weighted by Crippen LogP contribution is -2.39. The van der Waals surface area contributed by atoms with E-state index in [1.165, 1.54) is 0 Å². The number of nitrogens with zero attached hydrogens (tertiary/aromatic N) is 3. The van der Waals surface area contributed by atoms with Crippen LogP contribution in [0.1, 0.15) is 21.5 Å². The van der Waals surface area contributed by atoms with Crippen molar-refractivity contribution in [2.45, 2.75) is 13.1 Å². The highest BCUT2D eigenvalue weighted by atomic mass is 35.5. The topological polar surface area (TPSA) is 53.5 Å². The minimum absolute atomic E-state index is 0.00523. The molecule has 2 amide bonds. The van der Waals surface area contributed by atoms with Crippen LogP contribution < -0.4 is 4.90 Å². The minimum Gasteiger partial charge on any atom is -0.325 e. The molecule has 0 unspecified atom stereocenters. The maximum atomic E-state index is 13.3. The van der Waals surface area contributed by atoms with Gasteiger partial charge in [-0.15, -0.1) is 0 Å². The van der Waals surface area contributed by atoms with Gasteiger partial charge in [-0.05, 0) is 59.0 Å². The summed E-state index contributed by atoms with van der Waals surface area (Å²) < 4.78 is 0. The molecule has 0 saturated carbocycles. The number of hydrogen-bond acceptors (Lipinski definition) is 3. The van der Waals surface area contributed by atoms with Gasteiger partial charge in [-0.25, -0.2) is 0 Å². The van der Waals surface area contributed by atoms with E-state index in [9.17, 15) is 9.59 Å². The number of hydrogen-bond donors (Lipinski definition) is 0. The Morgan fingerprint density at radius 2 is 1.75 bits per heavy atom. The molecule has 0 aliphatic carbocycles. The summed E-state index contributed by atoms with van der Waals surface area (Å²) in [6.07, 6.45) is 3.59. The number of carbonyl (C=O) groups excluding carboxylic acids is 2. The van der Waals surface area contributed by atoms with Crippen LogP contribution in [0, 0.1) is 0 Å². The average Bonchev–Trinajstić information content (AvgIpc) is 2.95. The highest BCUT2D eigenvalue weighted by molar-refractivity contribution is 6.30. The lowest BCUT2D eigenvalue weighted by atomic mass is 10.1. The molecule has 2 heterocycles. The molecule has 3 aromatic carbocycles. The highest BCUT2D eigenvalue weighted by Crippen LogP contribution is 2.28. The van der Waals surface area contributed by atoms with Crippen LogP contribution in [0.5, 0.6) is 0 Å². The van der Waals surface area contributed by atoms with Crippen LogP contribution in [0.15, 0.2) is 85.2 Å². The number of amides is 2. The summed E-state index contributed by atoms with van der Waals surface area (Å²) in [7, 11) is 0. The Morgan fingerprint density at radius 3 is 2.59 bits per heavy atom. The summed E-state index contributed by atoms with van der Waals surface area (Å²) in [4.78, 5) is 34.0. The lowest BCUT2D eigenvalue weighted by Gasteiger charge is -2.23. The summed E-state index contributed by atoms with van der Waals surface area (Å²) >= 11 is 5.96. The zero-order valence-corrected chi connectivity index (χ0v) is 18.0. The number of para-hydroxylation sites is 1. The van der Waals surface area contributed by atoms with Gasteiger partial charge in [-0.1, -0.05) is 41.9 Å². The molecule has 5 nitrogen and oxygen atoms in total. The Kier molecular flexibility index (Phi) is 5.33. The number of carbonyl (C=O) groups is 2. The molecule has 0 saturated heterocycles. The maximum absolute atomic E-state index is 13.3. The van der Waals surface area contributed by atoms with Gasteiger partial charge in [0.2, 0.25) is 5.91 Å². The maximum Gasteiger partial charge on any atom is 0.254 e. The van der Waals surface area contributed by atoms with Gasteiger partial charge in [0.05, 0.1) is 6.54 Å². The van der Waals surface area contributed by atoms with Crippen LogP contribution in [-0.4, -0.2) is 28.2 Å². The first-order valence-corrected chi connectivity index (χ1v) is 10.7. The van der Waals surface area contributed by atoms with Crippen LogP contribution >= 0.6 is 11.6 Å². The Morgan fingerprint density at radius 1 is 0.938 bits per heavy atom. The second-order valence-electron chi connectivity index (χ2n) is 7.83. The van der Waals surface area contributed by atoms with Crippen LogP contribution in [-0.2, 0) is 17.9 Å². The zero-order valence-electron chi connectivity index (χ0n) is 17.2. The summed E-state index contributed by atoms with van der Waals surface area (Å²) in [6, 6.07) is 22.6. The third-order valence-corrected chi connectivity index (χ3v) is 5.95. The van der Waals surface area contributed by atoms with Crippen LogP contribution in [0.25, 0.3) is 10.8 Å². The molecule has 4 aromatic rings. The summed E-state index contributed by atoms with van der Waals surface area (Å²) in [5, 5.41) is 2.70. The molecule has 0 fully saturated rings. The molecule has 32 heavy (non-hydrogen) atoms. The molecule has 6 heteroatoms. The molecule has 0 bridgehead atoms. The molecular weight excluding hydrogens is 422 g/mol. The van der Waals surface area contributed by atoms with Crippen molar-refractivity contribution in [3.8, 4) is 0 Å². The largest absolute Gasteiger partial charge is 0.325 e. The monoisotopic (exact) mass is 441 g/mol. The molecule has 0 radical (unpaired) electrons. The molecule has 1 aliphatic rings. The van der Waals surface area contributed by atoms with E-state index in [0.717, 1.165) is 27.6 Å². The van der Waals surface area contributed by atoms with Gasteiger partial charge < -0.3 is 9.80 Å². The number of pyridine rings is 1. The van der Waals surface area contributed by atoms with E-state index >= 15 is 0 Å². The predicted octanol–water partition coefficient (Wildman–Crippen LogP) is 5.08. The summed E-state index contributed by atoms with van der Waals surface area (Å²) in [5.74, 6) is -0.313. The number of anilines is 1. The standard InChI is InChI=1S/C26H20ClN3O2/c27-23-9-7-20(8-10-23)26(32)29-16-21-3-1-2-4-24(21)30(25(31)17-29)15-18-5-6-19-11-12-28-14-22(19)13-18/h1-14H,15-17H2. The number of halogens is 1. The number of aromatic nitrogens is 1. The summed E-state index contributed by atoms with van der Waals surface area (Å²) in [5.41, 5.74) is 3.28. The predicted molar refractivity (Wildman–Crippen MR) is 126 cm³/mol.